The number of H-pyrrole nitrogens is 1. The van der Waals surface area contributed by atoms with Gasteiger partial charge in [-0.15, -0.1) is 0 Å². The van der Waals surface area contributed by atoms with Gasteiger partial charge in [0.2, 0.25) is 0 Å². The number of aromatic nitrogens is 1. The molecule has 23 heavy (non-hydrogen) atoms. The Morgan fingerprint density at radius 1 is 1.26 bits per heavy atom. The fourth-order valence-corrected chi connectivity index (χ4v) is 3.98. The van der Waals surface area contributed by atoms with Crippen LogP contribution >= 0.6 is 0 Å². The van der Waals surface area contributed by atoms with E-state index in [0.29, 0.717) is 12.1 Å². The van der Waals surface area contributed by atoms with Crippen molar-refractivity contribution in [2.24, 2.45) is 0 Å². The summed E-state index contributed by atoms with van der Waals surface area (Å²) in [6.45, 7) is 3.96. The quantitative estimate of drug-likeness (QED) is 0.877. The van der Waals surface area contributed by atoms with E-state index in [1.807, 2.05) is 30.0 Å². The zero-order chi connectivity index (χ0) is 16.1. The van der Waals surface area contributed by atoms with Gasteiger partial charge < -0.3 is 9.88 Å². The molecule has 0 saturated carbocycles. The molecule has 4 nitrogen and oxygen atoms in total. The summed E-state index contributed by atoms with van der Waals surface area (Å²) in [5, 5.41) is 0. The van der Waals surface area contributed by atoms with Crippen LogP contribution < -0.4 is 4.90 Å². The van der Waals surface area contributed by atoms with Crippen molar-refractivity contribution in [2.45, 2.75) is 45.6 Å². The maximum atomic E-state index is 13.1. The third kappa shape index (κ3) is 2.05. The fraction of sp³-hybridized carbons (Fsp3) is 0.368. The zero-order valence-electron chi connectivity index (χ0n) is 13.5. The second kappa shape index (κ2) is 5.08. The molecule has 2 aliphatic rings. The van der Waals surface area contributed by atoms with E-state index in [1.54, 1.807) is 0 Å². The van der Waals surface area contributed by atoms with Crippen LogP contribution in [0.5, 0.6) is 0 Å². The number of aryl methyl sites for hydroxylation is 1. The molecule has 2 aromatic rings. The van der Waals surface area contributed by atoms with Gasteiger partial charge in [-0.25, -0.2) is 0 Å². The van der Waals surface area contributed by atoms with Crippen LogP contribution in [0.2, 0.25) is 0 Å². The molecule has 0 radical (unpaired) electrons. The van der Waals surface area contributed by atoms with E-state index in [9.17, 15) is 9.59 Å². The van der Waals surface area contributed by atoms with Gasteiger partial charge in [-0.05, 0) is 50.3 Å². The van der Waals surface area contributed by atoms with Gasteiger partial charge in [0.1, 0.15) is 5.69 Å². The number of anilines is 1. The largest absolute Gasteiger partial charge is 0.354 e. The summed E-state index contributed by atoms with van der Waals surface area (Å²) in [5.41, 5.74) is 5.27. The molecular formula is C19H20N2O2. The molecule has 0 saturated heterocycles. The topological polar surface area (TPSA) is 53.2 Å². The molecule has 1 amide bonds. The summed E-state index contributed by atoms with van der Waals surface area (Å²) in [5.74, 6) is 0.135. The van der Waals surface area contributed by atoms with Crippen LogP contribution in [0.15, 0.2) is 24.3 Å². The molecule has 1 aromatic heterocycles. The summed E-state index contributed by atoms with van der Waals surface area (Å²) in [6, 6.07) is 8.19. The Kier molecular flexibility index (Phi) is 3.15. The first-order valence-corrected chi connectivity index (χ1v) is 8.24. The highest BCUT2D eigenvalue weighted by Crippen LogP contribution is 2.34. The monoisotopic (exact) mass is 308 g/mol. The molecule has 0 spiro atoms. The lowest BCUT2D eigenvalue weighted by atomic mass is 9.93. The van der Waals surface area contributed by atoms with E-state index < -0.39 is 0 Å². The number of nitrogens with zero attached hydrogens (tertiary/aromatic N) is 1. The average Bonchev–Trinajstić information content (AvgIpc) is 3.04. The third-order valence-corrected chi connectivity index (χ3v) is 5.08. The number of Topliss-reactive ketones (excluding diaryl/α,β-unsaturated/α-hetero) is 1. The Morgan fingerprint density at radius 3 is 2.83 bits per heavy atom. The highest BCUT2D eigenvalue weighted by molar-refractivity contribution is 6.10. The molecule has 1 N–H and O–H groups in total. The number of carbonyl (C=O) groups is 2. The molecule has 1 unspecified atom stereocenters. The number of nitrogens with one attached hydrogen (secondary N) is 1. The Bertz CT molecular complexity index is 819. The molecular weight excluding hydrogens is 288 g/mol. The van der Waals surface area contributed by atoms with Gasteiger partial charge in [0.15, 0.2) is 5.78 Å². The van der Waals surface area contributed by atoms with E-state index in [1.165, 1.54) is 5.56 Å². The predicted molar refractivity (Wildman–Crippen MR) is 89.2 cm³/mol. The van der Waals surface area contributed by atoms with Gasteiger partial charge >= 0.3 is 0 Å². The number of para-hydroxylation sites is 1. The molecule has 118 valence electrons. The number of benzene rings is 1. The number of aromatic amines is 1. The Morgan fingerprint density at radius 2 is 2.04 bits per heavy atom. The lowest BCUT2D eigenvalue weighted by Crippen LogP contribution is -2.36. The first kappa shape index (κ1) is 14.2. The van der Waals surface area contributed by atoms with Crippen LogP contribution in [0.4, 0.5) is 5.69 Å². The maximum Gasteiger partial charge on any atom is 0.275 e. The van der Waals surface area contributed by atoms with Gasteiger partial charge in [-0.3, -0.25) is 9.59 Å². The molecule has 1 aliphatic carbocycles. The van der Waals surface area contributed by atoms with Crippen molar-refractivity contribution in [3.63, 3.8) is 0 Å². The number of rotatable bonds is 1. The predicted octanol–water partition coefficient (Wildman–Crippen LogP) is 3.43. The minimum Gasteiger partial charge on any atom is -0.354 e. The van der Waals surface area contributed by atoms with Crippen molar-refractivity contribution in [2.75, 3.05) is 4.90 Å². The van der Waals surface area contributed by atoms with E-state index in [0.717, 1.165) is 41.8 Å². The molecule has 0 fully saturated rings. The van der Waals surface area contributed by atoms with Crippen molar-refractivity contribution < 1.29 is 9.59 Å². The van der Waals surface area contributed by atoms with Crippen molar-refractivity contribution in [3.8, 4) is 0 Å². The van der Waals surface area contributed by atoms with Crippen LogP contribution in [0.3, 0.4) is 0 Å². The Balaban J connectivity index is 1.78. The number of hydrogen-bond donors (Lipinski definition) is 1. The number of fused-ring (bicyclic) bond motifs is 2. The Hall–Kier alpha value is -2.36. The zero-order valence-corrected chi connectivity index (χ0v) is 13.5. The van der Waals surface area contributed by atoms with Gasteiger partial charge in [0.25, 0.3) is 5.91 Å². The number of hydrogen-bond acceptors (Lipinski definition) is 2. The van der Waals surface area contributed by atoms with Crippen molar-refractivity contribution in [3.05, 3.63) is 52.3 Å². The second-order valence-electron chi connectivity index (χ2n) is 6.61. The number of amides is 1. The normalized spacial score (nSPS) is 19.7. The van der Waals surface area contributed by atoms with E-state index >= 15 is 0 Å². The lowest BCUT2D eigenvalue weighted by Gasteiger charge is -2.22. The van der Waals surface area contributed by atoms with E-state index in [2.05, 4.69) is 18.0 Å². The summed E-state index contributed by atoms with van der Waals surface area (Å²) in [6.07, 6.45) is 3.17. The first-order chi connectivity index (χ1) is 11.1. The Labute approximate surface area is 135 Å². The highest BCUT2D eigenvalue weighted by atomic mass is 16.2. The van der Waals surface area contributed by atoms with Gasteiger partial charge in [0, 0.05) is 29.4 Å². The minimum absolute atomic E-state index is 0.0258. The van der Waals surface area contributed by atoms with Gasteiger partial charge in [-0.2, -0.15) is 0 Å². The van der Waals surface area contributed by atoms with Gasteiger partial charge in [-0.1, -0.05) is 18.2 Å². The maximum absolute atomic E-state index is 13.1. The highest BCUT2D eigenvalue weighted by Gasteiger charge is 2.34. The fourth-order valence-electron chi connectivity index (χ4n) is 3.98. The molecule has 4 heteroatoms. The summed E-state index contributed by atoms with van der Waals surface area (Å²) in [7, 11) is 0. The molecule has 1 aliphatic heterocycles. The second-order valence-corrected chi connectivity index (χ2v) is 6.61. The van der Waals surface area contributed by atoms with Crippen molar-refractivity contribution >= 4 is 17.4 Å². The van der Waals surface area contributed by atoms with Crippen LogP contribution in [-0.4, -0.2) is 22.7 Å². The standard InChI is InChI=1S/C19H20N2O2/c1-11-10-13-6-3-4-8-15(13)21(11)19(23)18-12(2)17-14(20-18)7-5-9-16(17)22/h3-4,6,8,11,20H,5,7,9-10H2,1-2H3. The summed E-state index contributed by atoms with van der Waals surface area (Å²) in [4.78, 5) is 30.4. The smallest absolute Gasteiger partial charge is 0.275 e. The van der Waals surface area contributed by atoms with Crippen molar-refractivity contribution in [1.82, 2.24) is 4.98 Å². The molecule has 1 atom stereocenters. The van der Waals surface area contributed by atoms with Crippen molar-refractivity contribution in [1.29, 1.82) is 0 Å². The SMILES string of the molecule is Cc1c(C(=O)N2c3ccccc3CC2C)[nH]c2c1C(=O)CCC2. The molecule has 0 bridgehead atoms. The molecule has 4 rings (SSSR count). The van der Waals surface area contributed by atoms with E-state index in [4.69, 9.17) is 0 Å². The third-order valence-electron chi connectivity index (χ3n) is 5.08. The minimum atomic E-state index is -0.0258. The summed E-state index contributed by atoms with van der Waals surface area (Å²) < 4.78 is 0. The van der Waals surface area contributed by atoms with Crippen LogP contribution in [-0.2, 0) is 12.8 Å². The van der Waals surface area contributed by atoms with Crippen LogP contribution in [0, 0.1) is 6.92 Å². The number of carbonyl (C=O) groups excluding carboxylic acids is 2. The number of ketones is 1. The van der Waals surface area contributed by atoms with Gasteiger partial charge in [0.05, 0.1) is 0 Å². The molecule has 1 aromatic carbocycles. The summed E-state index contributed by atoms with van der Waals surface area (Å²) >= 11 is 0. The first-order valence-electron chi connectivity index (χ1n) is 8.24. The van der Waals surface area contributed by atoms with E-state index in [-0.39, 0.29) is 17.7 Å². The lowest BCUT2D eigenvalue weighted by molar-refractivity contribution is 0.0968. The average molecular weight is 308 g/mol. The molecule has 2 heterocycles. The van der Waals surface area contributed by atoms with Crippen LogP contribution in [0.25, 0.3) is 0 Å². The van der Waals surface area contributed by atoms with Crippen LogP contribution in [0.1, 0.15) is 57.4 Å².